The lowest BCUT2D eigenvalue weighted by atomic mass is 10.1. The van der Waals surface area contributed by atoms with E-state index in [9.17, 15) is 4.79 Å². The van der Waals surface area contributed by atoms with E-state index < -0.39 is 5.97 Å². The van der Waals surface area contributed by atoms with Crippen LogP contribution in [0.25, 0.3) is 0 Å². The van der Waals surface area contributed by atoms with Gasteiger partial charge in [0.15, 0.2) is 5.69 Å². The first-order valence-corrected chi connectivity index (χ1v) is 5.78. The molecule has 1 aromatic rings. The number of carboxylic acids is 1. The summed E-state index contributed by atoms with van der Waals surface area (Å²) in [5.74, 6) is -1.04. The smallest absolute Gasteiger partial charge is 0.358 e. The van der Waals surface area contributed by atoms with Gasteiger partial charge in [-0.3, -0.25) is 0 Å². The maximum Gasteiger partial charge on any atom is 0.358 e. The Morgan fingerprint density at radius 3 is 2.82 bits per heavy atom. The van der Waals surface area contributed by atoms with Crippen molar-refractivity contribution in [2.75, 3.05) is 13.7 Å². The molecule has 1 atom stereocenters. The largest absolute Gasteiger partial charge is 0.476 e. The number of aromatic carboxylic acids is 1. The number of hydrogen-bond donors (Lipinski definition) is 1. The molecule has 17 heavy (non-hydrogen) atoms. The van der Waals surface area contributed by atoms with Crippen molar-refractivity contribution >= 4 is 5.97 Å². The number of aromatic nitrogens is 3. The van der Waals surface area contributed by atoms with Gasteiger partial charge in [-0.1, -0.05) is 18.6 Å². The second-order valence-electron chi connectivity index (χ2n) is 4.01. The van der Waals surface area contributed by atoms with Crippen LogP contribution in [0.15, 0.2) is 0 Å². The van der Waals surface area contributed by atoms with Crippen molar-refractivity contribution in [2.24, 2.45) is 0 Å². The predicted molar refractivity (Wildman–Crippen MR) is 62.2 cm³/mol. The molecule has 1 N–H and O–H groups in total. The van der Waals surface area contributed by atoms with Gasteiger partial charge in [0.1, 0.15) is 0 Å². The zero-order chi connectivity index (χ0) is 12.8. The lowest BCUT2D eigenvalue weighted by Gasteiger charge is -2.13. The van der Waals surface area contributed by atoms with Crippen LogP contribution in [0.3, 0.4) is 0 Å². The van der Waals surface area contributed by atoms with Gasteiger partial charge < -0.3 is 9.84 Å². The number of nitrogens with zero attached hydrogens (tertiary/aromatic N) is 3. The zero-order valence-corrected chi connectivity index (χ0v) is 10.5. The minimum Gasteiger partial charge on any atom is -0.476 e. The predicted octanol–water partition coefficient (Wildman–Crippen LogP) is 1.53. The topological polar surface area (TPSA) is 77.2 Å². The second kappa shape index (κ2) is 6.34. The van der Waals surface area contributed by atoms with E-state index >= 15 is 0 Å². The van der Waals surface area contributed by atoms with Gasteiger partial charge in [0, 0.05) is 13.5 Å². The molecule has 0 aliphatic rings. The highest BCUT2D eigenvalue weighted by atomic mass is 16.5. The molecule has 0 aromatic carbocycles. The molecule has 96 valence electrons. The van der Waals surface area contributed by atoms with Crippen LogP contribution < -0.4 is 0 Å². The van der Waals surface area contributed by atoms with Crippen LogP contribution in [0.2, 0.25) is 0 Å². The molecule has 0 spiro atoms. The van der Waals surface area contributed by atoms with Crippen molar-refractivity contribution in [3.63, 3.8) is 0 Å². The molecule has 0 amide bonds. The van der Waals surface area contributed by atoms with E-state index in [4.69, 9.17) is 9.84 Å². The van der Waals surface area contributed by atoms with E-state index in [1.165, 1.54) is 0 Å². The van der Waals surface area contributed by atoms with Crippen LogP contribution in [0.5, 0.6) is 0 Å². The summed E-state index contributed by atoms with van der Waals surface area (Å²) in [5.41, 5.74) is 0.672. The van der Waals surface area contributed by atoms with Gasteiger partial charge in [0.25, 0.3) is 0 Å². The number of carboxylic acid groups (broad SMARTS) is 1. The first kappa shape index (κ1) is 13.6. The number of carbonyl (C=O) groups is 1. The summed E-state index contributed by atoms with van der Waals surface area (Å²) in [5, 5.41) is 16.7. The molecule has 0 fully saturated rings. The van der Waals surface area contributed by atoms with Crippen LogP contribution in [-0.2, 0) is 11.2 Å². The first-order chi connectivity index (χ1) is 8.11. The monoisotopic (exact) mass is 241 g/mol. The highest BCUT2D eigenvalue weighted by Gasteiger charge is 2.20. The van der Waals surface area contributed by atoms with Crippen molar-refractivity contribution in [2.45, 2.75) is 39.2 Å². The Hall–Kier alpha value is -1.43. The van der Waals surface area contributed by atoms with Crippen LogP contribution in [0, 0.1) is 0 Å². The molecule has 6 nitrogen and oxygen atoms in total. The van der Waals surface area contributed by atoms with E-state index in [-0.39, 0.29) is 11.7 Å². The summed E-state index contributed by atoms with van der Waals surface area (Å²) in [7, 11) is 1.59. The fraction of sp³-hybridized carbons (Fsp3) is 0.727. The molecule has 1 rings (SSSR count). The summed E-state index contributed by atoms with van der Waals surface area (Å²) < 4.78 is 6.68. The third-order valence-electron chi connectivity index (χ3n) is 2.66. The third kappa shape index (κ3) is 3.26. The molecule has 0 saturated carbocycles. The van der Waals surface area contributed by atoms with E-state index in [0.29, 0.717) is 18.7 Å². The maximum atomic E-state index is 11.0. The molecular weight excluding hydrogens is 222 g/mol. The van der Waals surface area contributed by atoms with Crippen LogP contribution in [-0.4, -0.2) is 39.8 Å². The number of hydrogen-bond acceptors (Lipinski definition) is 4. The van der Waals surface area contributed by atoms with E-state index in [1.54, 1.807) is 11.8 Å². The molecule has 0 saturated heterocycles. The van der Waals surface area contributed by atoms with E-state index in [0.717, 1.165) is 12.8 Å². The highest BCUT2D eigenvalue weighted by Crippen LogP contribution is 2.17. The Balaban J connectivity index is 2.99. The summed E-state index contributed by atoms with van der Waals surface area (Å²) in [6.45, 7) is 4.56. The molecule has 0 aliphatic carbocycles. The molecule has 0 aliphatic heterocycles. The van der Waals surface area contributed by atoms with Crippen molar-refractivity contribution in [3.8, 4) is 0 Å². The van der Waals surface area contributed by atoms with Crippen molar-refractivity contribution in [1.82, 2.24) is 15.0 Å². The van der Waals surface area contributed by atoms with Gasteiger partial charge in [-0.05, 0) is 13.3 Å². The average molecular weight is 241 g/mol. The first-order valence-electron chi connectivity index (χ1n) is 5.78. The quantitative estimate of drug-likeness (QED) is 0.783. The lowest BCUT2D eigenvalue weighted by Crippen LogP contribution is -2.14. The Morgan fingerprint density at radius 2 is 2.29 bits per heavy atom. The van der Waals surface area contributed by atoms with Gasteiger partial charge in [-0.15, -0.1) is 5.10 Å². The van der Waals surface area contributed by atoms with E-state index in [2.05, 4.69) is 17.2 Å². The Labute approximate surface area is 101 Å². The summed E-state index contributed by atoms with van der Waals surface area (Å²) in [4.78, 5) is 11.0. The molecule has 1 heterocycles. The fourth-order valence-corrected chi connectivity index (χ4v) is 1.81. The van der Waals surface area contributed by atoms with Gasteiger partial charge in [0.05, 0.1) is 18.3 Å². The SMILES string of the molecule is CCCC(C)n1nnc(C(=O)O)c1CCOC. The molecule has 0 radical (unpaired) electrons. The van der Waals surface area contributed by atoms with Crippen molar-refractivity contribution < 1.29 is 14.6 Å². The molecule has 1 aromatic heterocycles. The average Bonchev–Trinajstić information content (AvgIpc) is 2.70. The Morgan fingerprint density at radius 1 is 1.59 bits per heavy atom. The minimum absolute atomic E-state index is 0.0324. The summed E-state index contributed by atoms with van der Waals surface area (Å²) >= 11 is 0. The zero-order valence-electron chi connectivity index (χ0n) is 10.5. The minimum atomic E-state index is -1.04. The Kier molecular flexibility index (Phi) is 5.09. The van der Waals surface area contributed by atoms with Crippen LogP contribution in [0.1, 0.15) is 48.9 Å². The molecule has 1 unspecified atom stereocenters. The molecular formula is C11H19N3O3. The maximum absolute atomic E-state index is 11.0. The van der Waals surface area contributed by atoms with Crippen LogP contribution in [0.4, 0.5) is 0 Å². The second-order valence-corrected chi connectivity index (χ2v) is 4.01. The van der Waals surface area contributed by atoms with Crippen molar-refractivity contribution in [1.29, 1.82) is 0 Å². The van der Waals surface area contributed by atoms with Gasteiger partial charge in [0.2, 0.25) is 0 Å². The van der Waals surface area contributed by atoms with Gasteiger partial charge in [-0.25, -0.2) is 9.48 Å². The third-order valence-corrected chi connectivity index (χ3v) is 2.66. The van der Waals surface area contributed by atoms with Crippen LogP contribution >= 0.6 is 0 Å². The summed E-state index contributed by atoms with van der Waals surface area (Å²) in [6.07, 6.45) is 2.48. The normalized spacial score (nSPS) is 12.6. The van der Waals surface area contributed by atoms with Crippen molar-refractivity contribution in [3.05, 3.63) is 11.4 Å². The number of ether oxygens (including phenoxy) is 1. The lowest BCUT2D eigenvalue weighted by molar-refractivity contribution is 0.0688. The summed E-state index contributed by atoms with van der Waals surface area (Å²) in [6, 6.07) is 0.160. The van der Waals surface area contributed by atoms with E-state index in [1.807, 2.05) is 6.92 Å². The molecule has 6 heteroatoms. The number of methoxy groups -OCH3 is 1. The fourth-order valence-electron chi connectivity index (χ4n) is 1.81. The van der Waals surface area contributed by atoms with Gasteiger partial charge in [-0.2, -0.15) is 0 Å². The number of rotatable bonds is 7. The standard InChI is InChI=1S/C11H19N3O3/c1-4-5-8(2)14-9(6-7-17-3)10(11(15)16)12-13-14/h8H,4-7H2,1-3H3,(H,15,16). The molecule has 0 bridgehead atoms. The van der Waals surface area contributed by atoms with Gasteiger partial charge >= 0.3 is 5.97 Å². The highest BCUT2D eigenvalue weighted by molar-refractivity contribution is 5.86. The Bertz CT molecular complexity index is 376.